The lowest BCUT2D eigenvalue weighted by Crippen LogP contribution is -2.13. The van der Waals surface area contributed by atoms with Gasteiger partial charge in [-0.15, -0.1) is 0 Å². The van der Waals surface area contributed by atoms with Crippen LogP contribution in [0.2, 0.25) is 0 Å². The molecule has 0 bridgehead atoms. The average molecular weight is 106 g/mol. The van der Waals surface area contributed by atoms with Crippen molar-refractivity contribution in [2.24, 2.45) is 5.84 Å². The first-order chi connectivity index (χ1) is 3.33. The minimum atomic E-state index is 0.319. The van der Waals surface area contributed by atoms with E-state index in [1.165, 1.54) is 0 Å². The maximum Gasteiger partial charge on any atom is 0.0428 e. The zero-order valence-corrected chi connectivity index (χ0v) is 4.94. The van der Waals surface area contributed by atoms with E-state index >= 15 is 0 Å². The van der Waals surface area contributed by atoms with E-state index in [1.807, 2.05) is 6.92 Å². The molecule has 0 spiro atoms. The normalized spacial score (nSPS) is 6.86. The van der Waals surface area contributed by atoms with Crippen LogP contribution in [0.15, 0.2) is 0 Å². The quantitative estimate of drug-likeness (QED) is 0.311. The van der Waals surface area contributed by atoms with Crippen molar-refractivity contribution < 1.29 is 5.11 Å². The van der Waals surface area contributed by atoms with Crippen molar-refractivity contribution in [1.82, 2.24) is 5.43 Å². The molecule has 7 heavy (non-hydrogen) atoms. The molecule has 0 unspecified atom stereocenters. The Morgan fingerprint density at radius 2 is 1.86 bits per heavy atom. The lowest BCUT2D eigenvalue weighted by atomic mass is 10.5. The molecule has 4 N–H and O–H groups in total. The Balaban J connectivity index is 0. The molecule has 0 saturated carbocycles. The van der Waals surface area contributed by atoms with Crippen molar-refractivity contribution in [2.75, 3.05) is 13.7 Å². The van der Waals surface area contributed by atoms with Crippen LogP contribution >= 0.6 is 0 Å². The molecule has 0 fully saturated rings. The van der Waals surface area contributed by atoms with Crippen molar-refractivity contribution in [1.29, 1.82) is 0 Å². The molecular weight excluding hydrogens is 92.1 g/mol. The van der Waals surface area contributed by atoms with Crippen molar-refractivity contribution in [3.63, 3.8) is 0 Å². The number of aliphatic hydroxyl groups is 1. The zero-order chi connectivity index (χ0) is 6.12. The molecule has 0 aromatic carbocycles. The van der Waals surface area contributed by atoms with E-state index in [0.29, 0.717) is 6.61 Å². The monoisotopic (exact) mass is 106 g/mol. The Bertz CT molecular complexity index is 17.2. The molecule has 3 heteroatoms. The maximum atomic E-state index is 7.88. The number of hydrogen-bond donors (Lipinski definition) is 3. The van der Waals surface area contributed by atoms with E-state index in [4.69, 9.17) is 5.11 Å². The van der Waals surface area contributed by atoms with Gasteiger partial charge in [0.2, 0.25) is 0 Å². The number of hydrogen-bond acceptors (Lipinski definition) is 3. The van der Waals surface area contributed by atoms with Gasteiger partial charge >= 0.3 is 0 Å². The summed E-state index contributed by atoms with van der Waals surface area (Å²) in [5.74, 6) is 4.60. The second-order valence-corrected chi connectivity index (χ2v) is 1.01. The van der Waals surface area contributed by atoms with Crippen LogP contribution in [0.5, 0.6) is 0 Å². The van der Waals surface area contributed by atoms with Gasteiger partial charge in [-0.1, -0.05) is 6.92 Å². The van der Waals surface area contributed by atoms with Crippen LogP contribution in [-0.2, 0) is 0 Å². The Morgan fingerprint density at radius 1 is 1.71 bits per heavy atom. The van der Waals surface area contributed by atoms with Gasteiger partial charge in [0.05, 0.1) is 0 Å². The van der Waals surface area contributed by atoms with Gasteiger partial charge in [-0.3, -0.25) is 11.3 Å². The van der Waals surface area contributed by atoms with Gasteiger partial charge in [0.1, 0.15) is 0 Å². The van der Waals surface area contributed by atoms with Crippen LogP contribution in [-0.4, -0.2) is 18.8 Å². The number of rotatable bonds is 1. The second kappa shape index (κ2) is 16.9. The summed E-state index contributed by atoms with van der Waals surface area (Å²) in [6, 6.07) is 0. The molecule has 0 aliphatic rings. The van der Waals surface area contributed by atoms with E-state index in [9.17, 15) is 0 Å². The van der Waals surface area contributed by atoms with Gasteiger partial charge in [0.15, 0.2) is 0 Å². The van der Waals surface area contributed by atoms with Crippen LogP contribution < -0.4 is 11.3 Å². The largest absolute Gasteiger partial charge is 0.396 e. The fourth-order valence-electron chi connectivity index (χ4n) is 0. The Hall–Kier alpha value is -0.120. The summed E-state index contributed by atoms with van der Waals surface area (Å²) in [5, 5.41) is 7.88. The van der Waals surface area contributed by atoms with E-state index in [-0.39, 0.29) is 0 Å². The van der Waals surface area contributed by atoms with E-state index < -0.39 is 0 Å². The molecule has 0 atom stereocenters. The van der Waals surface area contributed by atoms with Crippen LogP contribution in [0.1, 0.15) is 13.3 Å². The third-order valence-corrected chi connectivity index (χ3v) is 0.224. The third-order valence-electron chi connectivity index (χ3n) is 0.224. The minimum absolute atomic E-state index is 0.319. The zero-order valence-electron chi connectivity index (χ0n) is 4.94. The average Bonchev–Trinajstić information content (AvgIpc) is 1.69. The molecule has 0 aliphatic carbocycles. The van der Waals surface area contributed by atoms with Crippen LogP contribution in [0.3, 0.4) is 0 Å². The first kappa shape index (κ1) is 9.99. The molecule has 0 amide bonds. The minimum Gasteiger partial charge on any atom is -0.396 e. The third kappa shape index (κ3) is 114. The standard InChI is InChI=1S/C3H8O.CH6N2/c1-2-3-4;1-3-2/h4H,2-3H2,1H3;3H,2H2,1H3. The molecule has 0 rings (SSSR count). The molecular formula is C4H14N2O. The molecule has 0 aliphatic heterocycles. The molecule has 0 saturated heterocycles. The molecule has 0 heterocycles. The maximum absolute atomic E-state index is 7.88. The number of hydrazine groups is 1. The Morgan fingerprint density at radius 3 is 1.86 bits per heavy atom. The summed E-state index contributed by atoms with van der Waals surface area (Å²) in [5.41, 5.74) is 2.25. The van der Waals surface area contributed by atoms with Gasteiger partial charge in [-0.2, -0.15) is 0 Å². The first-order valence-corrected chi connectivity index (χ1v) is 2.31. The molecule has 3 nitrogen and oxygen atoms in total. The summed E-state index contributed by atoms with van der Waals surface area (Å²) >= 11 is 0. The van der Waals surface area contributed by atoms with Crippen LogP contribution in [0.25, 0.3) is 0 Å². The topological polar surface area (TPSA) is 58.3 Å². The van der Waals surface area contributed by atoms with Gasteiger partial charge in [0, 0.05) is 6.61 Å². The molecule has 0 aromatic heterocycles. The summed E-state index contributed by atoms with van der Waals surface area (Å²) in [4.78, 5) is 0. The Labute approximate surface area is 44.5 Å². The predicted molar refractivity (Wildman–Crippen MR) is 30.6 cm³/mol. The van der Waals surface area contributed by atoms with Gasteiger partial charge in [-0.05, 0) is 13.5 Å². The van der Waals surface area contributed by atoms with Crippen molar-refractivity contribution in [3.8, 4) is 0 Å². The summed E-state index contributed by atoms with van der Waals surface area (Å²) in [6.07, 6.45) is 0.875. The lowest BCUT2D eigenvalue weighted by molar-refractivity contribution is 0.295. The highest BCUT2D eigenvalue weighted by Gasteiger charge is 1.57. The summed E-state index contributed by atoms with van der Waals surface area (Å²) in [6.45, 7) is 2.25. The summed E-state index contributed by atoms with van der Waals surface area (Å²) in [7, 11) is 1.65. The van der Waals surface area contributed by atoms with Crippen molar-refractivity contribution in [2.45, 2.75) is 13.3 Å². The first-order valence-electron chi connectivity index (χ1n) is 2.31. The van der Waals surface area contributed by atoms with E-state index in [0.717, 1.165) is 6.42 Å². The fraction of sp³-hybridized carbons (Fsp3) is 1.00. The number of aliphatic hydroxyl groups excluding tert-OH is 1. The second-order valence-electron chi connectivity index (χ2n) is 1.01. The van der Waals surface area contributed by atoms with Gasteiger partial charge in [0.25, 0.3) is 0 Å². The van der Waals surface area contributed by atoms with Gasteiger partial charge in [-0.25, -0.2) is 0 Å². The molecule has 0 aromatic rings. The van der Waals surface area contributed by atoms with Crippen LogP contribution in [0.4, 0.5) is 0 Å². The van der Waals surface area contributed by atoms with Crippen molar-refractivity contribution >= 4 is 0 Å². The molecule has 46 valence electrons. The fourth-order valence-corrected chi connectivity index (χ4v) is 0. The smallest absolute Gasteiger partial charge is 0.0428 e. The summed E-state index contributed by atoms with van der Waals surface area (Å²) < 4.78 is 0. The van der Waals surface area contributed by atoms with Crippen molar-refractivity contribution in [3.05, 3.63) is 0 Å². The highest BCUT2D eigenvalue weighted by atomic mass is 16.2. The highest BCUT2D eigenvalue weighted by Crippen LogP contribution is 1.61. The van der Waals surface area contributed by atoms with E-state index in [1.54, 1.807) is 7.05 Å². The van der Waals surface area contributed by atoms with Gasteiger partial charge < -0.3 is 5.11 Å². The highest BCUT2D eigenvalue weighted by molar-refractivity contribution is 4.10. The lowest BCUT2D eigenvalue weighted by Gasteiger charge is -1.69. The number of nitrogens with one attached hydrogen (secondary N) is 1. The molecule has 0 radical (unpaired) electrons. The van der Waals surface area contributed by atoms with Crippen LogP contribution in [0, 0.1) is 0 Å². The van der Waals surface area contributed by atoms with E-state index in [2.05, 4.69) is 11.3 Å². The Kier molecular flexibility index (Phi) is 24.1. The number of nitrogens with two attached hydrogens (primary N) is 1. The SMILES string of the molecule is CCCO.CNN. The predicted octanol–water partition coefficient (Wildman–Crippen LogP) is -0.532.